The average molecular weight is 235 g/mol. The molecular weight excluding hydrogens is 216 g/mol. The van der Waals surface area contributed by atoms with Gasteiger partial charge in [0.25, 0.3) is 0 Å². The minimum atomic E-state index is 0.0734. The Morgan fingerprint density at radius 1 is 1.27 bits per heavy atom. The molecule has 0 rings (SSSR count). The van der Waals surface area contributed by atoms with E-state index in [1.54, 1.807) is 5.57 Å². The molecule has 0 aliphatic heterocycles. The van der Waals surface area contributed by atoms with Crippen molar-refractivity contribution in [3.05, 3.63) is 11.6 Å². The van der Waals surface area contributed by atoms with E-state index in [0.29, 0.717) is 0 Å². The SMILES string of the molecule is CCCC(=CC[SiH2]Br)CCC. The van der Waals surface area contributed by atoms with Crippen LogP contribution in [0.1, 0.15) is 39.5 Å². The molecule has 0 heterocycles. The molecule has 0 saturated heterocycles. The first kappa shape index (κ1) is 11.4. The summed E-state index contributed by atoms with van der Waals surface area (Å²) in [6, 6.07) is 1.33. The maximum absolute atomic E-state index is 3.57. The minimum absolute atomic E-state index is 0.0734. The summed E-state index contributed by atoms with van der Waals surface area (Å²) in [6.45, 7) is 4.52. The molecule has 0 radical (unpaired) electrons. The van der Waals surface area contributed by atoms with Crippen LogP contribution in [0.2, 0.25) is 6.04 Å². The Morgan fingerprint density at radius 2 is 1.82 bits per heavy atom. The van der Waals surface area contributed by atoms with Crippen molar-refractivity contribution in [2.75, 3.05) is 0 Å². The topological polar surface area (TPSA) is 0 Å². The highest BCUT2D eigenvalue weighted by Gasteiger charge is 1.93. The van der Waals surface area contributed by atoms with Crippen molar-refractivity contribution >= 4 is 23.4 Å². The maximum Gasteiger partial charge on any atom is 0.102 e. The molecular formula is C9H19BrSi. The lowest BCUT2D eigenvalue weighted by molar-refractivity contribution is 0.801. The quantitative estimate of drug-likeness (QED) is 0.376. The van der Waals surface area contributed by atoms with Crippen LogP contribution < -0.4 is 0 Å². The van der Waals surface area contributed by atoms with Gasteiger partial charge in [-0.2, -0.15) is 0 Å². The van der Waals surface area contributed by atoms with Crippen LogP contribution in [0.4, 0.5) is 0 Å². The molecule has 0 aromatic rings. The standard InChI is InChI=1S/C9H19BrSi/c1-3-5-9(6-4-2)7-8-11-10/h7H,3-6,8,11H2,1-2H3. The average Bonchev–Trinajstić information content (AvgIpc) is 2.01. The Balaban J connectivity index is 3.66. The molecule has 0 unspecified atom stereocenters. The number of allylic oxidation sites excluding steroid dienone is 2. The summed E-state index contributed by atoms with van der Waals surface area (Å²) in [7, 11) is 0.0734. The summed E-state index contributed by atoms with van der Waals surface area (Å²) >= 11 is 3.57. The van der Waals surface area contributed by atoms with Crippen molar-refractivity contribution in [2.45, 2.75) is 45.6 Å². The van der Waals surface area contributed by atoms with E-state index in [4.69, 9.17) is 0 Å². The first-order valence-electron chi connectivity index (χ1n) is 4.59. The number of halogens is 1. The molecule has 2 heteroatoms. The fourth-order valence-electron chi connectivity index (χ4n) is 1.23. The van der Waals surface area contributed by atoms with E-state index in [9.17, 15) is 0 Å². The van der Waals surface area contributed by atoms with Crippen molar-refractivity contribution in [3.63, 3.8) is 0 Å². The van der Waals surface area contributed by atoms with E-state index in [2.05, 4.69) is 35.2 Å². The fraction of sp³-hybridized carbons (Fsp3) is 0.778. The zero-order chi connectivity index (χ0) is 8.53. The molecule has 0 amide bonds. The molecule has 0 N–H and O–H groups in total. The summed E-state index contributed by atoms with van der Waals surface area (Å²) in [5.41, 5.74) is 1.68. The molecule has 0 aromatic heterocycles. The number of hydrogen-bond donors (Lipinski definition) is 0. The lowest BCUT2D eigenvalue weighted by Gasteiger charge is -2.02. The van der Waals surface area contributed by atoms with Crippen LogP contribution >= 0.6 is 15.3 Å². The third-order valence-electron chi connectivity index (χ3n) is 1.68. The van der Waals surface area contributed by atoms with E-state index in [0.717, 1.165) is 0 Å². The van der Waals surface area contributed by atoms with Crippen LogP contribution in [0, 0.1) is 0 Å². The van der Waals surface area contributed by atoms with E-state index < -0.39 is 0 Å². The summed E-state index contributed by atoms with van der Waals surface area (Å²) in [4.78, 5) is 0. The van der Waals surface area contributed by atoms with Crippen LogP contribution in [0.25, 0.3) is 0 Å². The second-order valence-electron chi connectivity index (χ2n) is 2.84. The van der Waals surface area contributed by atoms with E-state index in [1.807, 2.05) is 0 Å². The first-order chi connectivity index (χ1) is 5.35. The predicted octanol–water partition coefficient (Wildman–Crippen LogP) is 3.41. The predicted molar refractivity (Wildman–Crippen MR) is 60.2 cm³/mol. The smallest absolute Gasteiger partial charge is 0.102 e. The molecule has 11 heavy (non-hydrogen) atoms. The maximum atomic E-state index is 3.57. The highest BCUT2D eigenvalue weighted by molar-refractivity contribution is 9.23. The van der Waals surface area contributed by atoms with Crippen molar-refractivity contribution in [1.29, 1.82) is 0 Å². The van der Waals surface area contributed by atoms with Crippen LogP contribution in [-0.2, 0) is 0 Å². The molecule has 0 saturated carbocycles. The molecule has 0 bridgehead atoms. The van der Waals surface area contributed by atoms with Gasteiger partial charge < -0.3 is 0 Å². The lowest BCUT2D eigenvalue weighted by Crippen LogP contribution is -1.83. The third kappa shape index (κ3) is 6.82. The van der Waals surface area contributed by atoms with Gasteiger partial charge in [-0.15, -0.1) is 15.3 Å². The Morgan fingerprint density at radius 3 is 2.18 bits per heavy atom. The lowest BCUT2D eigenvalue weighted by atomic mass is 10.1. The minimum Gasteiger partial charge on any atom is -0.135 e. The summed E-state index contributed by atoms with van der Waals surface area (Å²) in [5, 5.41) is 0. The van der Waals surface area contributed by atoms with Crippen LogP contribution in [0.5, 0.6) is 0 Å². The molecule has 0 spiro atoms. The van der Waals surface area contributed by atoms with Crippen molar-refractivity contribution in [1.82, 2.24) is 0 Å². The highest BCUT2D eigenvalue weighted by atomic mass is 79.9. The van der Waals surface area contributed by atoms with Gasteiger partial charge >= 0.3 is 0 Å². The highest BCUT2D eigenvalue weighted by Crippen LogP contribution is 2.12. The van der Waals surface area contributed by atoms with Gasteiger partial charge in [-0.3, -0.25) is 0 Å². The Labute approximate surface area is 80.9 Å². The first-order valence-corrected chi connectivity index (χ1v) is 9.48. The van der Waals surface area contributed by atoms with E-state index in [-0.39, 0.29) is 8.14 Å². The van der Waals surface area contributed by atoms with Crippen molar-refractivity contribution < 1.29 is 0 Å². The van der Waals surface area contributed by atoms with Crippen molar-refractivity contribution in [3.8, 4) is 0 Å². The molecule has 0 aromatic carbocycles. The van der Waals surface area contributed by atoms with E-state index in [1.165, 1.54) is 31.7 Å². The van der Waals surface area contributed by atoms with Crippen LogP contribution in [0.15, 0.2) is 11.6 Å². The summed E-state index contributed by atoms with van der Waals surface area (Å²) in [5.74, 6) is 0. The fourth-order valence-corrected chi connectivity index (χ4v) is 2.43. The monoisotopic (exact) mass is 234 g/mol. The number of rotatable bonds is 6. The summed E-state index contributed by atoms with van der Waals surface area (Å²) < 4.78 is 0. The molecule has 0 nitrogen and oxygen atoms in total. The Bertz CT molecular complexity index is 102. The molecule has 0 fully saturated rings. The molecule has 66 valence electrons. The number of hydrogen-bond acceptors (Lipinski definition) is 0. The van der Waals surface area contributed by atoms with Gasteiger partial charge in [0.2, 0.25) is 0 Å². The largest absolute Gasteiger partial charge is 0.135 e. The third-order valence-corrected chi connectivity index (χ3v) is 3.56. The molecule has 0 atom stereocenters. The van der Waals surface area contributed by atoms with Crippen molar-refractivity contribution in [2.24, 2.45) is 0 Å². The van der Waals surface area contributed by atoms with Gasteiger partial charge in [-0.25, -0.2) is 0 Å². The van der Waals surface area contributed by atoms with Crippen LogP contribution in [0.3, 0.4) is 0 Å². The van der Waals surface area contributed by atoms with Gasteiger partial charge in [0.05, 0.1) is 0 Å². The zero-order valence-electron chi connectivity index (χ0n) is 7.70. The molecule has 0 aliphatic rings. The second kappa shape index (κ2) is 8.53. The van der Waals surface area contributed by atoms with Gasteiger partial charge in [0.1, 0.15) is 8.14 Å². The van der Waals surface area contributed by atoms with Gasteiger partial charge in [0, 0.05) is 0 Å². The van der Waals surface area contributed by atoms with Crippen LogP contribution in [-0.4, -0.2) is 8.14 Å². The second-order valence-corrected chi connectivity index (χ2v) is 6.17. The normalized spacial score (nSPS) is 10.8. The van der Waals surface area contributed by atoms with Gasteiger partial charge in [-0.1, -0.05) is 38.3 Å². The van der Waals surface area contributed by atoms with Gasteiger partial charge in [-0.05, 0) is 18.9 Å². The summed E-state index contributed by atoms with van der Waals surface area (Å²) in [6.07, 6.45) is 7.68. The van der Waals surface area contributed by atoms with E-state index >= 15 is 0 Å². The Kier molecular flexibility index (Phi) is 8.87. The zero-order valence-corrected chi connectivity index (χ0v) is 10.7. The molecule has 0 aliphatic carbocycles. The Hall–Kier alpha value is 0.437. The van der Waals surface area contributed by atoms with Gasteiger partial charge in [0.15, 0.2) is 0 Å².